The molecule has 3 saturated heterocycles. The van der Waals surface area contributed by atoms with Crippen LogP contribution in [0.1, 0.15) is 94.2 Å². The molecule has 68 heavy (non-hydrogen) atoms. The summed E-state index contributed by atoms with van der Waals surface area (Å²) >= 11 is 2.89. The van der Waals surface area contributed by atoms with E-state index in [4.69, 9.17) is 27.9 Å². The predicted octanol–water partition coefficient (Wildman–Crippen LogP) is 12.1. The Morgan fingerprint density at radius 2 is 0.706 bits per heavy atom. The Balaban J connectivity index is 0.000000197. The fraction of sp³-hybridized carbons (Fsp3) is 0.455. The van der Waals surface area contributed by atoms with Crippen LogP contribution in [0.3, 0.4) is 0 Å². The third-order valence-electron chi connectivity index (χ3n) is 12.2. The van der Waals surface area contributed by atoms with Gasteiger partial charge in [-0.15, -0.1) is 0 Å². The highest BCUT2D eigenvalue weighted by Crippen LogP contribution is 2.44. The lowest BCUT2D eigenvalue weighted by Gasteiger charge is -2.32. The summed E-state index contributed by atoms with van der Waals surface area (Å²) in [7, 11) is -1.93. The normalized spacial score (nSPS) is 19.8. The van der Waals surface area contributed by atoms with E-state index in [0.29, 0.717) is 0 Å². The summed E-state index contributed by atoms with van der Waals surface area (Å²) in [5.74, 6) is -15.1. The summed E-state index contributed by atoms with van der Waals surface area (Å²) in [6.07, 6.45) is -8.48. The molecule has 0 aliphatic carbocycles. The molecule has 0 N–H and O–H groups in total. The summed E-state index contributed by atoms with van der Waals surface area (Å²) in [6.45, 7) is 23.3. The molecule has 370 valence electrons. The molecule has 3 aliphatic heterocycles. The molecule has 7 rings (SSSR count). The minimum absolute atomic E-state index is 0.166. The van der Waals surface area contributed by atoms with Crippen molar-refractivity contribution in [3.8, 4) is 11.5 Å². The largest absolute Gasteiger partial charge is 0.494 e. The number of rotatable bonds is 8. The third kappa shape index (κ3) is 11.6. The number of hydrogen-bond acceptors (Lipinski definition) is 8. The molecule has 4 aromatic rings. The van der Waals surface area contributed by atoms with E-state index in [9.17, 15) is 52.7 Å². The van der Waals surface area contributed by atoms with E-state index in [2.05, 4.69) is 25.4 Å². The molecule has 3 aliphatic rings. The molecule has 8 nitrogen and oxygen atoms in total. The molecule has 3 fully saturated rings. The Morgan fingerprint density at radius 3 is 1.01 bits per heavy atom. The first-order chi connectivity index (χ1) is 30.8. The highest BCUT2D eigenvalue weighted by atomic mass is 79.9. The lowest BCUT2D eigenvalue weighted by molar-refractivity contribution is -0.188. The quantitative estimate of drug-likeness (QED) is 0.0982. The molecular formula is C44H46B3BrF12O8. The average molecular weight is 1040 g/mol. The van der Waals surface area contributed by atoms with Gasteiger partial charge in [0.25, 0.3) is 0 Å². The van der Waals surface area contributed by atoms with Crippen LogP contribution in [-0.2, 0) is 40.1 Å². The fourth-order valence-corrected chi connectivity index (χ4v) is 6.54. The first kappa shape index (κ1) is 55.0. The lowest BCUT2D eigenvalue weighted by Crippen LogP contribution is -2.41. The SMILES string of the molecule is CC1(C)OB(B2OC(C)(C)C(C)(C)O2)OC1(C)C.CC1(C)OB(c2ccc(C(F)(F)Oc3cc(F)c(F)c(F)c3)c(F)c2)OC1(C)C.Fc1cc(Br)ccc1C(F)(F)Oc1cc(F)c(F)c(F)c1. The predicted molar refractivity (Wildman–Crippen MR) is 230 cm³/mol. The highest BCUT2D eigenvalue weighted by molar-refractivity contribution is 9.10. The van der Waals surface area contributed by atoms with Crippen LogP contribution in [0.25, 0.3) is 0 Å². The van der Waals surface area contributed by atoms with E-state index in [1.165, 1.54) is 6.07 Å². The van der Waals surface area contributed by atoms with Gasteiger partial charge in [0.1, 0.15) is 28.7 Å². The molecule has 0 saturated carbocycles. The number of hydrogen-bond donors (Lipinski definition) is 0. The van der Waals surface area contributed by atoms with Crippen LogP contribution in [-0.4, -0.2) is 54.7 Å². The van der Waals surface area contributed by atoms with Gasteiger partial charge in [-0.1, -0.05) is 22.0 Å². The summed E-state index contributed by atoms with van der Waals surface area (Å²) < 4.78 is 206. The molecular weight excluding hydrogens is 997 g/mol. The van der Waals surface area contributed by atoms with E-state index >= 15 is 0 Å². The summed E-state index contributed by atoms with van der Waals surface area (Å²) in [4.78, 5) is 0. The lowest BCUT2D eigenvalue weighted by atomic mass is 9.49. The van der Waals surface area contributed by atoms with E-state index in [0.717, 1.165) is 30.3 Å². The van der Waals surface area contributed by atoms with Gasteiger partial charge in [-0.3, -0.25) is 0 Å². The van der Waals surface area contributed by atoms with Crippen molar-refractivity contribution in [1.82, 2.24) is 0 Å². The molecule has 0 amide bonds. The van der Waals surface area contributed by atoms with Gasteiger partial charge in [-0.2, -0.15) is 17.6 Å². The van der Waals surface area contributed by atoms with Gasteiger partial charge in [-0.25, -0.2) is 35.1 Å². The summed E-state index contributed by atoms with van der Waals surface area (Å²) in [5.41, 5.74) is -5.00. The van der Waals surface area contributed by atoms with Crippen molar-refractivity contribution in [2.24, 2.45) is 0 Å². The number of alkyl halides is 4. The minimum atomic E-state index is -4.28. The Hall–Kier alpha value is -3.93. The van der Waals surface area contributed by atoms with Crippen molar-refractivity contribution < 1.29 is 90.1 Å². The second kappa shape index (κ2) is 19.0. The van der Waals surface area contributed by atoms with E-state index in [1.807, 2.05) is 55.4 Å². The maximum absolute atomic E-state index is 14.4. The fourth-order valence-electron chi connectivity index (χ4n) is 6.21. The van der Waals surface area contributed by atoms with Gasteiger partial charge < -0.3 is 37.4 Å². The van der Waals surface area contributed by atoms with Crippen molar-refractivity contribution in [1.29, 1.82) is 0 Å². The highest BCUT2D eigenvalue weighted by Gasteiger charge is 2.64. The number of halogens is 13. The second-order valence-corrected chi connectivity index (χ2v) is 19.8. The summed E-state index contributed by atoms with van der Waals surface area (Å²) in [6, 6.07) is 6.35. The zero-order valence-corrected chi connectivity index (χ0v) is 40.3. The van der Waals surface area contributed by atoms with E-state index in [1.54, 1.807) is 27.7 Å². The molecule has 0 bridgehead atoms. The van der Waals surface area contributed by atoms with Crippen LogP contribution in [0.4, 0.5) is 52.7 Å². The Labute approximate surface area is 394 Å². The van der Waals surface area contributed by atoms with Crippen molar-refractivity contribution in [2.75, 3.05) is 0 Å². The molecule has 0 spiro atoms. The van der Waals surface area contributed by atoms with Crippen LogP contribution in [0.5, 0.6) is 11.5 Å². The Morgan fingerprint density at radius 1 is 0.412 bits per heavy atom. The zero-order valence-electron chi connectivity index (χ0n) is 38.7. The van der Waals surface area contributed by atoms with Gasteiger partial charge in [0.2, 0.25) is 0 Å². The first-order valence-corrected chi connectivity index (χ1v) is 21.4. The topological polar surface area (TPSA) is 73.8 Å². The third-order valence-corrected chi connectivity index (χ3v) is 12.7. The van der Waals surface area contributed by atoms with Crippen LogP contribution in [0, 0.1) is 46.5 Å². The summed E-state index contributed by atoms with van der Waals surface area (Å²) in [5, 5.41) is 0. The zero-order chi connectivity index (χ0) is 51.5. The Kier molecular flexibility index (Phi) is 15.4. The maximum atomic E-state index is 14.4. The monoisotopic (exact) mass is 1040 g/mol. The smallest absolute Gasteiger partial charge is 0.429 e. The van der Waals surface area contributed by atoms with Crippen molar-refractivity contribution >= 4 is 42.5 Å². The van der Waals surface area contributed by atoms with Crippen molar-refractivity contribution in [3.05, 3.63) is 123 Å². The van der Waals surface area contributed by atoms with E-state index < -0.39 is 114 Å². The van der Waals surface area contributed by atoms with Crippen LogP contribution >= 0.6 is 15.9 Å². The van der Waals surface area contributed by atoms with Gasteiger partial charge >= 0.3 is 33.4 Å². The number of benzene rings is 4. The number of ether oxygens (including phenoxy) is 2. The molecule has 0 aromatic heterocycles. The van der Waals surface area contributed by atoms with E-state index in [-0.39, 0.29) is 56.6 Å². The standard InChI is InChI=1S/C19H17BF6O3.C13H5BrF6O.C12H24B2O4/c1-17(2)18(3,4)29-20(28-17)10-5-6-12(13(21)7-10)19(25,26)27-11-8-14(22)16(24)15(23)9-11;14-6-1-2-8(9(15)3-6)13(19,20)21-7-4-10(16)12(18)11(17)5-7;1-9(2)10(3,4)16-13(15-9)14-17-11(5,6)12(7,8)18-14/h5-9H,1-4H3;1-5H;1-8H3. The second-order valence-electron chi connectivity index (χ2n) is 18.8. The molecule has 0 radical (unpaired) electrons. The minimum Gasteiger partial charge on any atom is -0.429 e. The molecule has 3 heterocycles. The molecule has 24 heteroatoms. The molecule has 4 aromatic carbocycles. The average Bonchev–Trinajstić information content (AvgIpc) is 3.65. The van der Waals surface area contributed by atoms with Crippen LogP contribution in [0.15, 0.2) is 65.1 Å². The van der Waals surface area contributed by atoms with Gasteiger partial charge in [-0.05, 0) is 119 Å². The van der Waals surface area contributed by atoms with Crippen LogP contribution < -0.4 is 14.9 Å². The van der Waals surface area contributed by atoms with Gasteiger partial charge in [0.05, 0.1) is 39.2 Å². The maximum Gasteiger partial charge on any atom is 0.494 e. The van der Waals surface area contributed by atoms with Gasteiger partial charge in [0.15, 0.2) is 34.9 Å². The van der Waals surface area contributed by atoms with Gasteiger partial charge in [0, 0.05) is 28.7 Å². The van der Waals surface area contributed by atoms with Crippen molar-refractivity contribution in [2.45, 2.75) is 129 Å². The van der Waals surface area contributed by atoms with Crippen molar-refractivity contribution in [3.63, 3.8) is 0 Å². The van der Waals surface area contributed by atoms with Crippen LogP contribution in [0.2, 0.25) is 0 Å². The Bertz CT molecular complexity index is 2390. The first-order valence-electron chi connectivity index (χ1n) is 20.6. The molecule has 0 atom stereocenters. The molecule has 0 unspecified atom stereocenters.